The molecule has 1 fully saturated rings. The highest BCUT2D eigenvalue weighted by Crippen LogP contribution is 2.23. The average Bonchev–Trinajstić information content (AvgIpc) is 3.19. The van der Waals surface area contributed by atoms with Gasteiger partial charge in [-0.05, 0) is 42.5 Å². The lowest BCUT2D eigenvalue weighted by Gasteiger charge is -2.14. The number of hydrogen-bond acceptors (Lipinski definition) is 3. The SMILES string of the molecule is CCc1ccc(S(=O)(=O)NC2CC2)cc1CNC(C)C. The Morgan fingerprint density at radius 1 is 1.25 bits per heavy atom. The molecule has 5 heteroatoms. The number of aryl methyl sites for hydroxylation is 1. The summed E-state index contributed by atoms with van der Waals surface area (Å²) in [5.41, 5.74) is 2.27. The van der Waals surface area contributed by atoms with Crippen LogP contribution < -0.4 is 10.0 Å². The highest BCUT2D eigenvalue weighted by atomic mass is 32.2. The molecule has 0 heterocycles. The number of nitrogens with one attached hydrogen (secondary N) is 2. The third kappa shape index (κ3) is 4.04. The quantitative estimate of drug-likeness (QED) is 0.811. The number of hydrogen-bond donors (Lipinski definition) is 2. The molecule has 0 aliphatic heterocycles. The van der Waals surface area contributed by atoms with Gasteiger partial charge in [0.1, 0.15) is 0 Å². The molecular weight excluding hydrogens is 272 g/mol. The molecule has 0 aromatic heterocycles. The lowest BCUT2D eigenvalue weighted by molar-refractivity contribution is 0.577. The molecule has 0 saturated heterocycles. The van der Waals surface area contributed by atoms with Crippen molar-refractivity contribution < 1.29 is 8.42 Å². The highest BCUT2D eigenvalue weighted by Gasteiger charge is 2.28. The third-order valence-corrected chi connectivity index (χ3v) is 4.99. The van der Waals surface area contributed by atoms with Crippen LogP contribution in [0.25, 0.3) is 0 Å². The zero-order valence-electron chi connectivity index (χ0n) is 12.4. The summed E-state index contributed by atoms with van der Waals surface area (Å²) < 4.78 is 27.2. The standard InChI is InChI=1S/C15H24N2O2S/c1-4-12-5-8-15(9-13(12)10-16-11(2)3)20(18,19)17-14-6-7-14/h5,8-9,11,14,16-17H,4,6-7,10H2,1-3H3. The molecule has 1 saturated carbocycles. The molecule has 2 N–H and O–H groups in total. The molecular formula is C15H24N2O2S. The van der Waals surface area contributed by atoms with Crippen LogP contribution in [-0.4, -0.2) is 20.5 Å². The summed E-state index contributed by atoms with van der Waals surface area (Å²) in [4.78, 5) is 0.377. The minimum absolute atomic E-state index is 0.142. The first kappa shape index (κ1) is 15.5. The van der Waals surface area contributed by atoms with Crippen LogP contribution in [0.15, 0.2) is 23.1 Å². The van der Waals surface area contributed by atoms with E-state index in [4.69, 9.17) is 0 Å². The van der Waals surface area contributed by atoms with Gasteiger partial charge in [0.2, 0.25) is 10.0 Å². The predicted octanol–water partition coefficient (Wildman–Crippen LogP) is 2.19. The fraction of sp³-hybridized carbons (Fsp3) is 0.600. The molecule has 0 unspecified atom stereocenters. The smallest absolute Gasteiger partial charge is 0.240 e. The maximum absolute atomic E-state index is 12.2. The van der Waals surface area contributed by atoms with E-state index in [9.17, 15) is 8.42 Å². The van der Waals surface area contributed by atoms with Crippen molar-refractivity contribution in [3.05, 3.63) is 29.3 Å². The molecule has 112 valence electrons. The fourth-order valence-electron chi connectivity index (χ4n) is 2.08. The first-order valence-electron chi connectivity index (χ1n) is 7.30. The van der Waals surface area contributed by atoms with Gasteiger partial charge >= 0.3 is 0 Å². The minimum atomic E-state index is -3.36. The van der Waals surface area contributed by atoms with Crippen LogP contribution >= 0.6 is 0 Å². The summed E-state index contributed by atoms with van der Waals surface area (Å²) in [6.45, 7) is 6.96. The van der Waals surface area contributed by atoms with Gasteiger partial charge < -0.3 is 5.32 Å². The Balaban J connectivity index is 2.23. The van der Waals surface area contributed by atoms with Crippen LogP contribution in [0.1, 0.15) is 44.7 Å². The molecule has 0 bridgehead atoms. The largest absolute Gasteiger partial charge is 0.310 e. The van der Waals surface area contributed by atoms with Crippen molar-refractivity contribution in [3.8, 4) is 0 Å². The van der Waals surface area contributed by atoms with Gasteiger partial charge in [-0.15, -0.1) is 0 Å². The molecule has 0 atom stereocenters. The highest BCUT2D eigenvalue weighted by molar-refractivity contribution is 7.89. The van der Waals surface area contributed by atoms with Gasteiger partial charge in [-0.25, -0.2) is 13.1 Å². The molecule has 2 rings (SSSR count). The van der Waals surface area contributed by atoms with Crippen LogP contribution in [0.5, 0.6) is 0 Å². The minimum Gasteiger partial charge on any atom is -0.310 e. The van der Waals surface area contributed by atoms with Crippen molar-refractivity contribution in [3.63, 3.8) is 0 Å². The van der Waals surface area contributed by atoms with E-state index in [0.29, 0.717) is 17.5 Å². The maximum atomic E-state index is 12.2. The van der Waals surface area contributed by atoms with Crippen molar-refractivity contribution in [2.45, 2.75) is 63.6 Å². The lowest BCUT2D eigenvalue weighted by atomic mass is 10.1. The van der Waals surface area contributed by atoms with Gasteiger partial charge in [-0.1, -0.05) is 26.8 Å². The molecule has 20 heavy (non-hydrogen) atoms. The van der Waals surface area contributed by atoms with E-state index in [2.05, 4.69) is 30.8 Å². The normalized spacial score (nSPS) is 15.8. The molecule has 1 aliphatic rings. The second-order valence-corrected chi connectivity index (χ2v) is 7.43. The van der Waals surface area contributed by atoms with Crippen LogP contribution in [0.3, 0.4) is 0 Å². The topological polar surface area (TPSA) is 58.2 Å². The van der Waals surface area contributed by atoms with Crippen LogP contribution in [-0.2, 0) is 23.0 Å². The van der Waals surface area contributed by atoms with Crippen LogP contribution in [0.4, 0.5) is 0 Å². The Bertz CT molecular complexity index is 563. The van der Waals surface area contributed by atoms with Crippen molar-refractivity contribution in [2.75, 3.05) is 0 Å². The van der Waals surface area contributed by atoms with E-state index >= 15 is 0 Å². The van der Waals surface area contributed by atoms with Crippen LogP contribution in [0.2, 0.25) is 0 Å². The second kappa shape index (κ2) is 6.24. The van der Waals surface area contributed by atoms with Gasteiger partial charge in [-0.2, -0.15) is 0 Å². The van der Waals surface area contributed by atoms with Crippen molar-refractivity contribution in [1.82, 2.24) is 10.0 Å². The average molecular weight is 296 g/mol. The van der Waals surface area contributed by atoms with Gasteiger partial charge in [0.05, 0.1) is 4.90 Å². The summed E-state index contributed by atoms with van der Waals surface area (Å²) >= 11 is 0. The lowest BCUT2D eigenvalue weighted by Crippen LogP contribution is -2.26. The van der Waals surface area contributed by atoms with Gasteiger partial charge in [0, 0.05) is 18.6 Å². The Kier molecular flexibility index (Phi) is 4.83. The molecule has 1 aromatic carbocycles. The van der Waals surface area contributed by atoms with Gasteiger partial charge in [-0.3, -0.25) is 0 Å². The first-order chi connectivity index (χ1) is 9.42. The number of benzene rings is 1. The molecule has 0 amide bonds. The Morgan fingerprint density at radius 3 is 2.50 bits per heavy atom. The number of rotatable bonds is 7. The monoisotopic (exact) mass is 296 g/mol. The Hall–Kier alpha value is -0.910. The van der Waals surface area contributed by atoms with Crippen molar-refractivity contribution >= 4 is 10.0 Å². The van der Waals surface area contributed by atoms with Gasteiger partial charge in [0.25, 0.3) is 0 Å². The maximum Gasteiger partial charge on any atom is 0.240 e. The Morgan fingerprint density at radius 2 is 1.95 bits per heavy atom. The second-order valence-electron chi connectivity index (χ2n) is 5.72. The third-order valence-electron chi connectivity index (χ3n) is 3.47. The van der Waals surface area contributed by atoms with E-state index in [0.717, 1.165) is 24.8 Å². The van der Waals surface area contributed by atoms with E-state index in [1.807, 2.05) is 6.07 Å². The van der Waals surface area contributed by atoms with E-state index in [-0.39, 0.29) is 6.04 Å². The fourth-order valence-corrected chi connectivity index (χ4v) is 3.44. The molecule has 1 aromatic rings. The summed E-state index contributed by atoms with van der Waals surface area (Å²) in [5, 5.41) is 3.35. The predicted molar refractivity (Wildman–Crippen MR) is 81.1 cm³/mol. The van der Waals surface area contributed by atoms with Gasteiger partial charge in [0.15, 0.2) is 0 Å². The Labute approximate surface area is 122 Å². The zero-order valence-corrected chi connectivity index (χ0v) is 13.3. The van der Waals surface area contributed by atoms with E-state index < -0.39 is 10.0 Å². The van der Waals surface area contributed by atoms with Crippen molar-refractivity contribution in [2.24, 2.45) is 0 Å². The van der Waals surface area contributed by atoms with E-state index in [1.54, 1.807) is 12.1 Å². The molecule has 1 aliphatic carbocycles. The summed E-state index contributed by atoms with van der Waals surface area (Å²) in [7, 11) is -3.36. The summed E-state index contributed by atoms with van der Waals surface area (Å²) in [6, 6.07) is 5.97. The zero-order chi connectivity index (χ0) is 14.8. The molecule has 0 spiro atoms. The first-order valence-corrected chi connectivity index (χ1v) is 8.78. The van der Waals surface area contributed by atoms with Crippen molar-refractivity contribution in [1.29, 1.82) is 0 Å². The van der Waals surface area contributed by atoms with E-state index in [1.165, 1.54) is 5.56 Å². The summed E-state index contributed by atoms with van der Waals surface area (Å²) in [6.07, 6.45) is 2.81. The van der Waals surface area contributed by atoms with Crippen LogP contribution in [0, 0.1) is 0 Å². The number of sulfonamides is 1. The molecule has 4 nitrogen and oxygen atoms in total. The summed E-state index contributed by atoms with van der Waals surface area (Å²) in [5.74, 6) is 0. The molecule has 0 radical (unpaired) electrons.